The summed E-state index contributed by atoms with van der Waals surface area (Å²) in [6, 6.07) is 3.93. The third kappa shape index (κ3) is 2.41. The Kier molecular flexibility index (Phi) is 3.20. The van der Waals surface area contributed by atoms with E-state index < -0.39 is 0 Å². The van der Waals surface area contributed by atoms with Gasteiger partial charge in [0.05, 0.1) is 0 Å². The second-order valence-corrected chi connectivity index (χ2v) is 6.35. The zero-order valence-corrected chi connectivity index (χ0v) is 11.8. The lowest BCUT2D eigenvalue weighted by Gasteiger charge is -2.22. The fraction of sp³-hybridized carbons (Fsp3) is 0.533. The van der Waals surface area contributed by atoms with E-state index >= 15 is 0 Å². The van der Waals surface area contributed by atoms with E-state index in [9.17, 15) is 4.79 Å². The van der Waals surface area contributed by atoms with Gasteiger partial charge in [0.15, 0.2) is 0 Å². The lowest BCUT2D eigenvalue weighted by molar-refractivity contribution is -0.117. The maximum Gasteiger partial charge on any atom is 0.246 e. The highest BCUT2D eigenvalue weighted by Gasteiger charge is 2.33. The second-order valence-electron chi connectivity index (χ2n) is 6.35. The van der Waals surface area contributed by atoms with Crippen LogP contribution < -0.4 is 10.6 Å². The molecule has 1 aliphatic heterocycles. The predicted molar refractivity (Wildman–Crippen MR) is 74.7 cm³/mol. The molecule has 1 heterocycles. The van der Waals surface area contributed by atoms with Crippen molar-refractivity contribution in [3.63, 3.8) is 0 Å². The number of fused-ring (bicyclic) bond motifs is 1. The van der Waals surface area contributed by atoms with Gasteiger partial charge in [-0.1, -0.05) is 32.9 Å². The van der Waals surface area contributed by atoms with Crippen LogP contribution in [-0.4, -0.2) is 12.5 Å². The molecule has 1 aromatic carbocycles. The first-order chi connectivity index (χ1) is 8.29. The zero-order chi connectivity index (χ0) is 13.5. The van der Waals surface area contributed by atoms with Gasteiger partial charge in [0.2, 0.25) is 5.91 Å². The standard InChI is InChI=1S/C15H22N2O/c1-9-6-7-10(2)12-11(9)13(14(18)17-12)16-8-15(3,4)5/h6-7,13,16H,8H2,1-5H3,(H,17,18). The van der Waals surface area contributed by atoms with E-state index in [0.717, 1.165) is 23.4 Å². The number of anilines is 1. The molecule has 2 rings (SSSR count). The molecule has 0 fully saturated rings. The number of hydrogen-bond acceptors (Lipinski definition) is 2. The van der Waals surface area contributed by atoms with Gasteiger partial charge in [-0.05, 0) is 30.4 Å². The monoisotopic (exact) mass is 246 g/mol. The molecule has 1 aliphatic rings. The van der Waals surface area contributed by atoms with Crippen LogP contribution in [0.15, 0.2) is 12.1 Å². The highest BCUT2D eigenvalue weighted by atomic mass is 16.2. The van der Waals surface area contributed by atoms with E-state index in [-0.39, 0.29) is 17.4 Å². The van der Waals surface area contributed by atoms with E-state index in [1.807, 2.05) is 6.92 Å². The molecule has 18 heavy (non-hydrogen) atoms. The minimum atomic E-state index is -0.209. The first-order valence-electron chi connectivity index (χ1n) is 6.44. The lowest BCUT2D eigenvalue weighted by Crippen LogP contribution is -2.34. The summed E-state index contributed by atoms with van der Waals surface area (Å²) in [5.74, 6) is 0.0617. The maximum absolute atomic E-state index is 12.1. The molecule has 3 nitrogen and oxygen atoms in total. The van der Waals surface area contributed by atoms with E-state index in [0.29, 0.717) is 0 Å². The fourth-order valence-corrected chi connectivity index (χ4v) is 2.30. The molecule has 98 valence electrons. The van der Waals surface area contributed by atoms with Crippen molar-refractivity contribution < 1.29 is 4.79 Å². The highest BCUT2D eigenvalue weighted by molar-refractivity contribution is 6.03. The number of benzene rings is 1. The van der Waals surface area contributed by atoms with Crippen molar-refractivity contribution in [2.24, 2.45) is 5.41 Å². The Morgan fingerprint density at radius 2 is 1.83 bits per heavy atom. The summed E-state index contributed by atoms with van der Waals surface area (Å²) < 4.78 is 0. The average Bonchev–Trinajstić information content (AvgIpc) is 2.58. The number of hydrogen-bond donors (Lipinski definition) is 2. The first kappa shape index (κ1) is 13.1. The number of amides is 1. The second kappa shape index (κ2) is 4.39. The van der Waals surface area contributed by atoms with Gasteiger partial charge < -0.3 is 10.6 Å². The van der Waals surface area contributed by atoms with Gasteiger partial charge in [0, 0.05) is 17.8 Å². The van der Waals surface area contributed by atoms with Crippen LogP contribution in [0.25, 0.3) is 0 Å². The van der Waals surface area contributed by atoms with Crippen LogP contribution in [0.3, 0.4) is 0 Å². The van der Waals surface area contributed by atoms with Crippen molar-refractivity contribution in [1.82, 2.24) is 5.32 Å². The largest absolute Gasteiger partial charge is 0.324 e. The summed E-state index contributed by atoms with van der Waals surface area (Å²) in [5.41, 5.74) is 4.57. The molecule has 0 saturated heterocycles. The topological polar surface area (TPSA) is 41.1 Å². The fourth-order valence-electron chi connectivity index (χ4n) is 2.30. The van der Waals surface area contributed by atoms with Crippen molar-refractivity contribution in [1.29, 1.82) is 0 Å². The highest BCUT2D eigenvalue weighted by Crippen LogP contribution is 2.36. The van der Waals surface area contributed by atoms with Crippen molar-refractivity contribution in [3.05, 3.63) is 28.8 Å². The lowest BCUT2D eigenvalue weighted by atomic mass is 9.94. The van der Waals surface area contributed by atoms with E-state index in [1.165, 1.54) is 5.56 Å². The van der Waals surface area contributed by atoms with Crippen LogP contribution >= 0.6 is 0 Å². The molecule has 0 aliphatic carbocycles. The number of aryl methyl sites for hydroxylation is 2. The Labute approximate surface area is 109 Å². The van der Waals surface area contributed by atoms with E-state index in [1.54, 1.807) is 0 Å². The number of rotatable bonds is 2. The molecule has 0 radical (unpaired) electrons. The van der Waals surface area contributed by atoms with Crippen LogP contribution in [0.5, 0.6) is 0 Å². The first-order valence-corrected chi connectivity index (χ1v) is 6.44. The van der Waals surface area contributed by atoms with Crippen molar-refractivity contribution >= 4 is 11.6 Å². The summed E-state index contributed by atoms with van der Waals surface area (Å²) >= 11 is 0. The summed E-state index contributed by atoms with van der Waals surface area (Å²) in [6.07, 6.45) is 0. The average molecular weight is 246 g/mol. The molecule has 1 unspecified atom stereocenters. The molecule has 2 N–H and O–H groups in total. The smallest absolute Gasteiger partial charge is 0.246 e. The SMILES string of the molecule is Cc1ccc(C)c2c1NC(=O)C2NCC(C)(C)C. The van der Waals surface area contributed by atoms with Crippen LogP contribution in [0.1, 0.15) is 43.5 Å². The molecular formula is C15H22N2O. The molecular weight excluding hydrogens is 224 g/mol. The van der Waals surface area contributed by atoms with Crippen LogP contribution in [-0.2, 0) is 4.79 Å². The summed E-state index contributed by atoms with van der Waals surface area (Å²) in [6.45, 7) is 11.4. The van der Waals surface area contributed by atoms with Crippen LogP contribution in [0.2, 0.25) is 0 Å². The molecule has 1 amide bonds. The van der Waals surface area contributed by atoms with Crippen molar-refractivity contribution in [2.75, 3.05) is 11.9 Å². The molecule has 1 atom stereocenters. The number of carbonyl (C=O) groups excluding carboxylic acids is 1. The van der Waals surface area contributed by atoms with Gasteiger partial charge in [-0.2, -0.15) is 0 Å². The quantitative estimate of drug-likeness (QED) is 0.842. The molecule has 1 aromatic rings. The molecule has 0 aromatic heterocycles. The van der Waals surface area contributed by atoms with Crippen LogP contribution in [0.4, 0.5) is 5.69 Å². The van der Waals surface area contributed by atoms with E-state index in [2.05, 4.69) is 50.5 Å². The molecule has 0 spiro atoms. The Morgan fingerprint density at radius 3 is 2.44 bits per heavy atom. The third-order valence-corrected chi connectivity index (χ3v) is 3.31. The van der Waals surface area contributed by atoms with Gasteiger partial charge in [-0.3, -0.25) is 4.79 Å². The Bertz CT molecular complexity index is 486. The number of nitrogens with one attached hydrogen (secondary N) is 2. The van der Waals surface area contributed by atoms with Gasteiger partial charge in [-0.25, -0.2) is 0 Å². The summed E-state index contributed by atoms with van der Waals surface area (Å²) in [7, 11) is 0. The van der Waals surface area contributed by atoms with Gasteiger partial charge in [0.25, 0.3) is 0 Å². The van der Waals surface area contributed by atoms with Gasteiger partial charge in [0.1, 0.15) is 6.04 Å². The maximum atomic E-state index is 12.1. The normalized spacial score (nSPS) is 18.7. The summed E-state index contributed by atoms with van der Waals surface area (Å²) in [5, 5.41) is 6.37. The van der Waals surface area contributed by atoms with Gasteiger partial charge in [-0.15, -0.1) is 0 Å². The molecule has 0 bridgehead atoms. The Hall–Kier alpha value is -1.35. The summed E-state index contributed by atoms with van der Waals surface area (Å²) in [4.78, 5) is 12.1. The number of carbonyl (C=O) groups is 1. The van der Waals surface area contributed by atoms with E-state index in [4.69, 9.17) is 0 Å². The predicted octanol–water partition coefficient (Wildman–Crippen LogP) is 2.93. The third-order valence-electron chi connectivity index (χ3n) is 3.31. The molecule has 0 saturated carbocycles. The molecule has 3 heteroatoms. The van der Waals surface area contributed by atoms with Gasteiger partial charge >= 0.3 is 0 Å². The zero-order valence-electron chi connectivity index (χ0n) is 11.8. The Balaban J connectivity index is 2.30. The van der Waals surface area contributed by atoms with Crippen molar-refractivity contribution in [2.45, 2.75) is 40.7 Å². The minimum Gasteiger partial charge on any atom is -0.324 e. The minimum absolute atomic E-state index is 0.0617. The van der Waals surface area contributed by atoms with Crippen LogP contribution in [0, 0.1) is 19.3 Å². The Morgan fingerprint density at radius 1 is 1.22 bits per heavy atom. The van der Waals surface area contributed by atoms with Crippen molar-refractivity contribution in [3.8, 4) is 0 Å².